The maximum Gasteiger partial charge on any atom is 0.307 e. The SMILES string of the molecule is CC1C[C@H](C(=O)N2CCN(C(C)C)CC2)[C@H](C(=O)O)C1. The van der Waals surface area contributed by atoms with Gasteiger partial charge in [-0.25, -0.2) is 0 Å². The molecule has 1 N–H and O–H groups in total. The number of nitrogens with zero attached hydrogens (tertiary/aromatic N) is 2. The first-order chi connectivity index (χ1) is 9.40. The molecule has 2 aliphatic rings. The molecule has 1 amide bonds. The van der Waals surface area contributed by atoms with Gasteiger partial charge in [0.25, 0.3) is 0 Å². The minimum Gasteiger partial charge on any atom is -0.481 e. The Morgan fingerprint density at radius 3 is 2.10 bits per heavy atom. The number of piperazine rings is 1. The Balaban J connectivity index is 1.96. The topological polar surface area (TPSA) is 60.9 Å². The maximum atomic E-state index is 12.6. The molecule has 0 spiro atoms. The normalized spacial score (nSPS) is 31.8. The van der Waals surface area contributed by atoms with Crippen LogP contribution in [0.3, 0.4) is 0 Å². The Bertz CT molecular complexity index is 375. The van der Waals surface area contributed by atoms with Gasteiger partial charge in [-0.1, -0.05) is 6.92 Å². The molecule has 2 fully saturated rings. The van der Waals surface area contributed by atoms with Crippen molar-refractivity contribution in [2.24, 2.45) is 17.8 Å². The van der Waals surface area contributed by atoms with Crippen LogP contribution in [0.25, 0.3) is 0 Å². The van der Waals surface area contributed by atoms with Gasteiger partial charge in [0, 0.05) is 32.2 Å². The molecule has 1 unspecified atom stereocenters. The zero-order valence-corrected chi connectivity index (χ0v) is 12.7. The van der Waals surface area contributed by atoms with E-state index in [9.17, 15) is 14.7 Å². The molecule has 1 aliphatic carbocycles. The first-order valence-corrected chi connectivity index (χ1v) is 7.65. The van der Waals surface area contributed by atoms with E-state index in [2.05, 4.69) is 18.7 Å². The third-order valence-corrected chi connectivity index (χ3v) is 4.79. The summed E-state index contributed by atoms with van der Waals surface area (Å²) in [4.78, 5) is 28.1. The van der Waals surface area contributed by atoms with Crippen molar-refractivity contribution in [3.8, 4) is 0 Å². The highest BCUT2D eigenvalue weighted by atomic mass is 16.4. The van der Waals surface area contributed by atoms with Gasteiger partial charge in [-0.2, -0.15) is 0 Å². The first-order valence-electron chi connectivity index (χ1n) is 7.65. The van der Waals surface area contributed by atoms with Crippen LogP contribution < -0.4 is 0 Å². The molecular weight excluding hydrogens is 256 g/mol. The van der Waals surface area contributed by atoms with E-state index in [1.54, 1.807) is 0 Å². The lowest BCUT2D eigenvalue weighted by molar-refractivity contribution is -0.149. The molecule has 1 aliphatic heterocycles. The molecule has 5 nitrogen and oxygen atoms in total. The predicted octanol–water partition coefficient (Wildman–Crippen LogP) is 1.29. The van der Waals surface area contributed by atoms with Crippen LogP contribution in [0, 0.1) is 17.8 Å². The minimum absolute atomic E-state index is 0.0603. The van der Waals surface area contributed by atoms with Crippen LogP contribution in [0.4, 0.5) is 0 Å². The van der Waals surface area contributed by atoms with E-state index in [1.807, 2.05) is 11.8 Å². The molecule has 2 rings (SSSR count). The summed E-state index contributed by atoms with van der Waals surface area (Å²) in [5.74, 6) is -1.21. The summed E-state index contributed by atoms with van der Waals surface area (Å²) in [6.07, 6.45) is 1.36. The summed E-state index contributed by atoms with van der Waals surface area (Å²) in [5.41, 5.74) is 0. The highest BCUT2D eigenvalue weighted by Crippen LogP contribution is 2.37. The average Bonchev–Trinajstić information content (AvgIpc) is 2.80. The summed E-state index contributed by atoms with van der Waals surface area (Å²) in [6, 6.07) is 0.505. The fourth-order valence-corrected chi connectivity index (χ4v) is 3.53. The van der Waals surface area contributed by atoms with Gasteiger partial charge >= 0.3 is 5.97 Å². The third kappa shape index (κ3) is 3.14. The summed E-state index contributed by atoms with van der Waals surface area (Å²) < 4.78 is 0. The minimum atomic E-state index is -0.812. The fourth-order valence-electron chi connectivity index (χ4n) is 3.53. The quantitative estimate of drug-likeness (QED) is 0.847. The van der Waals surface area contributed by atoms with Crippen LogP contribution in [-0.2, 0) is 9.59 Å². The maximum absolute atomic E-state index is 12.6. The molecule has 1 saturated carbocycles. The predicted molar refractivity (Wildman–Crippen MR) is 76.3 cm³/mol. The van der Waals surface area contributed by atoms with E-state index < -0.39 is 11.9 Å². The molecule has 0 aromatic rings. The number of carboxylic acid groups (broad SMARTS) is 1. The van der Waals surface area contributed by atoms with Gasteiger partial charge < -0.3 is 10.0 Å². The Hall–Kier alpha value is -1.10. The second-order valence-corrected chi connectivity index (χ2v) is 6.58. The molecule has 20 heavy (non-hydrogen) atoms. The van der Waals surface area contributed by atoms with Crippen LogP contribution in [0.15, 0.2) is 0 Å². The van der Waals surface area contributed by atoms with Gasteiger partial charge in [0.2, 0.25) is 5.91 Å². The van der Waals surface area contributed by atoms with Crippen molar-refractivity contribution in [2.75, 3.05) is 26.2 Å². The Kier molecular flexibility index (Phi) is 4.68. The second kappa shape index (κ2) is 6.12. The number of rotatable bonds is 3. The van der Waals surface area contributed by atoms with Crippen molar-refractivity contribution in [3.63, 3.8) is 0 Å². The van der Waals surface area contributed by atoms with Crippen molar-refractivity contribution >= 4 is 11.9 Å². The summed E-state index contributed by atoms with van der Waals surface area (Å²) in [7, 11) is 0. The van der Waals surface area contributed by atoms with Gasteiger partial charge in [0.1, 0.15) is 0 Å². The first kappa shape index (κ1) is 15.3. The van der Waals surface area contributed by atoms with E-state index in [0.29, 0.717) is 18.4 Å². The number of carbonyl (C=O) groups excluding carboxylic acids is 1. The molecule has 0 aromatic heterocycles. The van der Waals surface area contributed by atoms with Crippen molar-refractivity contribution in [3.05, 3.63) is 0 Å². The monoisotopic (exact) mass is 282 g/mol. The van der Waals surface area contributed by atoms with Crippen LogP contribution in [0.2, 0.25) is 0 Å². The van der Waals surface area contributed by atoms with Crippen LogP contribution in [0.1, 0.15) is 33.6 Å². The molecule has 1 heterocycles. The zero-order valence-electron chi connectivity index (χ0n) is 12.7. The molecule has 3 atom stereocenters. The van der Waals surface area contributed by atoms with Crippen molar-refractivity contribution in [1.82, 2.24) is 9.80 Å². The smallest absolute Gasteiger partial charge is 0.307 e. The Morgan fingerprint density at radius 1 is 1.05 bits per heavy atom. The lowest BCUT2D eigenvalue weighted by atomic mass is 9.94. The van der Waals surface area contributed by atoms with Crippen molar-refractivity contribution < 1.29 is 14.7 Å². The fraction of sp³-hybridized carbons (Fsp3) is 0.867. The molecule has 114 valence electrons. The van der Waals surface area contributed by atoms with Crippen LogP contribution in [-0.4, -0.2) is 59.0 Å². The lowest BCUT2D eigenvalue weighted by Gasteiger charge is -2.38. The molecule has 0 radical (unpaired) electrons. The second-order valence-electron chi connectivity index (χ2n) is 6.58. The standard InChI is InChI=1S/C15H26N2O3/c1-10(2)16-4-6-17(7-5-16)14(18)12-8-11(3)9-13(12)15(19)20/h10-13H,4-9H2,1-3H3,(H,19,20)/t11?,12-,13+/m0/s1. The van der Waals surface area contributed by atoms with E-state index in [1.165, 1.54) is 0 Å². The van der Waals surface area contributed by atoms with Crippen molar-refractivity contribution in [1.29, 1.82) is 0 Å². The number of carboxylic acids is 1. The highest BCUT2D eigenvalue weighted by molar-refractivity contribution is 5.85. The summed E-state index contributed by atoms with van der Waals surface area (Å²) in [6.45, 7) is 9.61. The van der Waals surface area contributed by atoms with Crippen molar-refractivity contribution in [2.45, 2.75) is 39.7 Å². The van der Waals surface area contributed by atoms with E-state index in [0.717, 1.165) is 32.6 Å². The van der Waals surface area contributed by atoms with E-state index in [-0.39, 0.29) is 11.8 Å². The largest absolute Gasteiger partial charge is 0.481 e. The lowest BCUT2D eigenvalue weighted by Crippen LogP contribution is -2.52. The number of hydrogen-bond acceptors (Lipinski definition) is 3. The van der Waals surface area contributed by atoms with Crippen LogP contribution in [0.5, 0.6) is 0 Å². The third-order valence-electron chi connectivity index (χ3n) is 4.79. The van der Waals surface area contributed by atoms with E-state index >= 15 is 0 Å². The zero-order chi connectivity index (χ0) is 14.9. The Morgan fingerprint density at radius 2 is 1.60 bits per heavy atom. The van der Waals surface area contributed by atoms with Gasteiger partial charge in [-0.3, -0.25) is 14.5 Å². The number of hydrogen-bond donors (Lipinski definition) is 1. The molecule has 0 aromatic carbocycles. The average molecular weight is 282 g/mol. The molecule has 0 bridgehead atoms. The van der Waals surface area contributed by atoms with Gasteiger partial charge in [0.05, 0.1) is 11.8 Å². The van der Waals surface area contributed by atoms with Gasteiger partial charge in [0.15, 0.2) is 0 Å². The molecule has 1 saturated heterocycles. The number of amides is 1. The van der Waals surface area contributed by atoms with Crippen LogP contribution >= 0.6 is 0 Å². The van der Waals surface area contributed by atoms with Gasteiger partial charge in [-0.05, 0) is 32.6 Å². The van der Waals surface area contributed by atoms with E-state index in [4.69, 9.17) is 0 Å². The summed E-state index contributed by atoms with van der Waals surface area (Å²) >= 11 is 0. The summed E-state index contributed by atoms with van der Waals surface area (Å²) in [5, 5.41) is 9.28. The molecular formula is C15H26N2O3. The number of carbonyl (C=O) groups is 2. The van der Waals surface area contributed by atoms with Gasteiger partial charge in [-0.15, -0.1) is 0 Å². The Labute approximate surface area is 120 Å². The highest BCUT2D eigenvalue weighted by Gasteiger charge is 2.43. The number of aliphatic carboxylic acids is 1. The molecule has 5 heteroatoms.